The van der Waals surface area contributed by atoms with Crippen molar-refractivity contribution in [2.75, 3.05) is 22.1 Å². The van der Waals surface area contributed by atoms with Crippen LogP contribution >= 0.6 is 10.8 Å². The Kier molecular flexibility index (Phi) is 11.3. The highest BCUT2D eigenvalue weighted by Gasteiger charge is 2.27. The Morgan fingerprint density at radius 1 is 0.673 bits per heavy atom. The van der Waals surface area contributed by atoms with Gasteiger partial charge < -0.3 is 15.7 Å². The molecule has 7 N–H and O–H groups in total. The molecule has 55 heavy (non-hydrogen) atoms. The minimum Gasteiger partial charge on any atom is -0.505 e. The van der Waals surface area contributed by atoms with Gasteiger partial charge in [0.25, 0.3) is 30.4 Å². The number of nitrogens with zero attached hydrogens (tertiary/aromatic N) is 2. The van der Waals surface area contributed by atoms with Crippen molar-refractivity contribution in [2.24, 2.45) is 10.2 Å². The van der Waals surface area contributed by atoms with Gasteiger partial charge in [0.05, 0.1) is 21.2 Å². The number of benzene rings is 5. The van der Waals surface area contributed by atoms with Gasteiger partial charge in [-0.05, 0) is 64.0 Å². The zero-order chi connectivity index (χ0) is 40.7. The fourth-order valence-corrected chi connectivity index (χ4v) is 10.6. The van der Waals surface area contributed by atoms with Crippen LogP contribution in [0.4, 0.5) is 27.5 Å². The number of phenols is 1. The SMILES string of the molecule is O=C(Nc1cccc(S(=O)(=O)CCSS(=O)(=O)O)c1)Nc1cc(S(=O)(=O)O)cc2cc(S(=O)(=O)O)c(N=Nc3ccc4ccccc4c3S(=O)(=O)O)c(O)c12. The number of anilines is 2. The summed E-state index contributed by atoms with van der Waals surface area (Å²) in [5.41, 5.74) is -2.44. The molecule has 26 heteroatoms. The predicted molar refractivity (Wildman–Crippen MR) is 198 cm³/mol. The zero-order valence-corrected chi connectivity index (χ0v) is 31.9. The van der Waals surface area contributed by atoms with Crippen LogP contribution < -0.4 is 10.6 Å². The smallest absolute Gasteiger partial charge is 0.323 e. The largest absolute Gasteiger partial charge is 0.505 e. The van der Waals surface area contributed by atoms with Crippen molar-refractivity contribution in [1.29, 1.82) is 0 Å². The standard InChI is InChI=1S/C29H24N4O16S6/c34-27-25-17(13-24(53(41,42)43)26(27)33-32-22-9-8-16-4-1-2-7-21(16)28(22)54(44,45)46)12-20(52(38,39)40)15-23(25)31-29(35)30-18-5-3-6-19(14-18)51(36,37)11-10-50-55(47,48)49/h1-9,12-15,34H,10-11H2,(H2,30,31,35)(H,38,39,40)(H,41,42,43)(H,44,45,46)(H,47,48,49). The van der Waals surface area contributed by atoms with E-state index in [-0.39, 0.29) is 26.8 Å². The van der Waals surface area contributed by atoms with Crippen molar-refractivity contribution in [1.82, 2.24) is 0 Å². The third-order valence-electron chi connectivity index (χ3n) is 7.36. The molecule has 0 aliphatic rings. The molecule has 2 amide bonds. The Bertz CT molecular complexity index is 3010. The first kappa shape index (κ1) is 41.4. The molecule has 0 fully saturated rings. The molecular formula is C29H24N4O16S6. The summed E-state index contributed by atoms with van der Waals surface area (Å²) >= 11 is 0. The van der Waals surface area contributed by atoms with Crippen LogP contribution in [0.3, 0.4) is 0 Å². The molecule has 5 aromatic carbocycles. The van der Waals surface area contributed by atoms with Gasteiger partial charge in [0, 0.05) is 22.2 Å². The van der Waals surface area contributed by atoms with E-state index in [2.05, 4.69) is 20.9 Å². The molecule has 0 radical (unpaired) electrons. The van der Waals surface area contributed by atoms with E-state index in [4.69, 9.17) is 4.55 Å². The minimum absolute atomic E-state index is 0.0197. The lowest BCUT2D eigenvalue weighted by molar-refractivity contribution is 0.262. The third-order valence-corrected chi connectivity index (χ3v) is 14.0. The van der Waals surface area contributed by atoms with E-state index < -0.39 is 115 Å². The van der Waals surface area contributed by atoms with Crippen LogP contribution in [0.2, 0.25) is 0 Å². The molecule has 0 bridgehead atoms. The average molecular weight is 877 g/mol. The molecule has 0 aromatic heterocycles. The van der Waals surface area contributed by atoms with E-state index in [1.807, 2.05) is 0 Å². The number of fused-ring (bicyclic) bond motifs is 2. The maximum Gasteiger partial charge on any atom is 0.323 e. The fourth-order valence-electron chi connectivity index (χ4n) is 5.10. The molecule has 20 nitrogen and oxygen atoms in total. The van der Waals surface area contributed by atoms with Gasteiger partial charge in [-0.3, -0.25) is 18.2 Å². The monoisotopic (exact) mass is 876 g/mol. The van der Waals surface area contributed by atoms with E-state index in [9.17, 15) is 65.6 Å². The van der Waals surface area contributed by atoms with Crippen LogP contribution in [-0.2, 0) is 49.3 Å². The first-order valence-electron chi connectivity index (χ1n) is 14.6. The molecule has 0 heterocycles. The predicted octanol–water partition coefficient (Wildman–Crippen LogP) is 4.81. The average Bonchev–Trinajstić information content (AvgIpc) is 3.05. The highest BCUT2D eigenvalue weighted by Crippen LogP contribution is 2.46. The van der Waals surface area contributed by atoms with Crippen LogP contribution in [0.5, 0.6) is 5.75 Å². The van der Waals surface area contributed by atoms with Gasteiger partial charge in [0.1, 0.15) is 21.2 Å². The molecule has 0 saturated carbocycles. The Hall–Kier alpha value is -4.77. The second-order valence-corrected chi connectivity index (χ2v) is 20.8. The van der Waals surface area contributed by atoms with E-state index in [1.54, 1.807) is 6.07 Å². The number of aromatic hydroxyl groups is 1. The lowest BCUT2D eigenvalue weighted by Gasteiger charge is -2.15. The summed E-state index contributed by atoms with van der Waals surface area (Å²) < 4.78 is 160. The Labute approximate surface area is 315 Å². The Morgan fingerprint density at radius 3 is 2.00 bits per heavy atom. The van der Waals surface area contributed by atoms with Crippen molar-refractivity contribution < 1.29 is 70.2 Å². The molecule has 0 unspecified atom stereocenters. The second kappa shape index (κ2) is 15.0. The second-order valence-electron chi connectivity index (χ2n) is 11.1. The van der Waals surface area contributed by atoms with E-state index >= 15 is 0 Å². The van der Waals surface area contributed by atoms with Gasteiger partial charge in [-0.2, -0.15) is 33.7 Å². The maximum atomic E-state index is 13.2. The van der Waals surface area contributed by atoms with Crippen LogP contribution in [0.1, 0.15) is 0 Å². The molecule has 5 aromatic rings. The van der Waals surface area contributed by atoms with Gasteiger partial charge >= 0.3 is 15.2 Å². The van der Waals surface area contributed by atoms with Gasteiger partial charge in [0.2, 0.25) is 0 Å². The van der Waals surface area contributed by atoms with Crippen LogP contribution in [0, 0.1) is 0 Å². The molecule has 292 valence electrons. The number of phenolic OH excluding ortho intramolecular Hbond substituents is 1. The molecule has 0 saturated heterocycles. The maximum absolute atomic E-state index is 13.2. The normalized spacial score (nSPS) is 13.0. The summed E-state index contributed by atoms with van der Waals surface area (Å²) in [6, 6.07) is 13.5. The number of sulfone groups is 1. The third kappa shape index (κ3) is 9.73. The number of hydrogen-bond acceptors (Lipinski definition) is 15. The molecule has 0 spiro atoms. The highest BCUT2D eigenvalue weighted by molar-refractivity contribution is 8.70. The topological polar surface area (TPSA) is 338 Å². The van der Waals surface area contributed by atoms with E-state index in [0.29, 0.717) is 23.6 Å². The first-order chi connectivity index (χ1) is 25.3. The van der Waals surface area contributed by atoms with Crippen LogP contribution in [0.15, 0.2) is 109 Å². The summed E-state index contributed by atoms with van der Waals surface area (Å²) in [4.78, 5) is 9.89. The van der Waals surface area contributed by atoms with Gasteiger partial charge in [-0.15, -0.1) is 10.2 Å². The molecular weight excluding hydrogens is 853 g/mol. The molecule has 0 aliphatic carbocycles. The summed E-state index contributed by atoms with van der Waals surface area (Å²) in [5.74, 6) is -2.45. The lowest BCUT2D eigenvalue weighted by Crippen LogP contribution is -2.20. The Morgan fingerprint density at radius 2 is 1.36 bits per heavy atom. The number of nitrogens with one attached hydrogen (secondary N) is 2. The number of carbonyl (C=O) groups excluding carboxylic acids is 1. The van der Waals surface area contributed by atoms with Crippen LogP contribution in [-0.4, -0.2) is 82.9 Å². The van der Waals surface area contributed by atoms with Crippen molar-refractivity contribution in [3.8, 4) is 5.75 Å². The molecule has 5 rings (SSSR count). The van der Waals surface area contributed by atoms with E-state index in [0.717, 1.165) is 18.2 Å². The highest BCUT2D eigenvalue weighted by atomic mass is 33.1. The minimum atomic E-state index is -5.37. The first-order valence-corrected chi connectivity index (χ1v) is 23.5. The van der Waals surface area contributed by atoms with Crippen molar-refractivity contribution in [2.45, 2.75) is 19.6 Å². The number of hydrogen-bond donors (Lipinski definition) is 7. The Balaban J connectivity index is 1.61. The van der Waals surface area contributed by atoms with Gasteiger partial charge in [-0.25, -0.2) is 13.2 Å². The number of amides is 2. The summed E-state index contributed by atoms with van der Waals surface area (Å²) in [6.45, 7) is 0. The number of urea groups is 1. The number of carbonyl (C=O) groups is 1. The van der Waals surface area contributed by atoms with Crippen molar-refractivity contribution in [3.63, 3.8) is 0 Å². The number of rotatable bonds is 12. The molecule has 0 atom stereocenters. The van der Waals surface area contributed by atoms with Crippen LogP contribution in [0.25, 0.3) is 21.5 Å². The fraction of sp³-hybridized carbons (Fsp3) is 0.0690. The summed E-state index contributed by atoms with van der Waals surface area (Å²) in [6.07, 6.45) is 0. The van der Waals surface area contributed by atoms with Gasteiger partial charge in [-0.1, -0.05) is 36.4 Å². The summed E-state index contributed by atoms with van der Waals surface area (Å²) in [7, 11) is -24.2. The quantitative estimate of drug-likeness (QED) is 0.0502. The summed E-state index contributed by atoms with van der Waals surface area (Å²) in [5, 5.41) is 22.4. The van der Waals surface area contributed by atoms with Crippen molar-refractivity contribution >= 4 is 110 Å². The number of azo groups is 1. The zero-order valence-electron chi connectivity index (χ0n) is 27.0. The lowest BCUT2D eigenvalue weighted by atomic mass is 10.1. The van der Waals surface area contributed by atoms with Crippen molar-refractivity contribution in [3.05, 3.63) is 78.9 Å². The van der Waals surface area contributed by atoms with E-state index in [1.165, 1.54) is 36.4 Å². The molecule has 0 aliphatic heterocycles. The van der Waals surface area contributed by atoms with Gasteiger partial charge in [0.15, 0.2) is 15.6 Å².